The molecule has 0 aromatic heterocycles. The van der Waals surface area contributed by atoms with Crippen LogP contribution in [0.4, 0.5) is 11.4 Å². The average Bonchev–Trinajstić information content (AvgIpc) is 2.15. The molecule has 0 bridgehead atoms. The maximum atomic E-state index is 10.6. The highest BCUT2D eigenvalue weighted by atomic mass is 127. The van der Waals surface area contributed by atoms with Crippen molar-refractivity contribution in [1.82, 2.24) is 0 Å². The van der Waals surface area contributed by atoms with Gasteiger partial charge in [0.1, 0.15) is 0 Å². The molecule has 0 spiro atoms. The highest BCUT2D eigenvalue weighted by molar-refractivity contribution is 14.0. The lowest BCUT2D eigenvalue weighted by atomic mass is 9.97. The van der Waals surface area contributed by atoms with Gasteiger partial charge in [-0.3, -0.25) is 10.1 Å². The third kappa shape index (κ3) is 2.52. The molecule has 1 aliphatic heterocycles. The summed E-state index contributed by atoms with van der Waals surface area (Å²) in [4.78, 5) is 10.2. The molecule has 0 saturated carbocycles. The topological polar surface area (TPSA) is 55.2 Å². The molecule has 5 heteroatoms. The van der Waals surface area contributed by atoms with Crippen LogP contribution in [0.15, 0.2) is 24.3 Å². The molecule has 86 valence electrons. The molecular formula is C11H13IN2O2. The van der Waals surface area contributed by atoms with Crippen molar-refractivity contribution in [3.8, 4) is 0 Å². The molecule has 1 N–H and O–H groups in total. The fraction of sp³-hybridized carbons (Fsp3) is 0.273. The lowest BCUT2D eigenvalue weighted by molar-refractivity contribution is -0.384. The molecule has 1 heterocycles. The summed E-state index contributed by atoms with van der Waals surface area (Å²) in [6, 6.07) is 4.84. The zero-order valence-corrected chi connectivity index (χ0v) is 11.4. The summed E-state index contributed by atoms with van der Waals surface area (Å²) < 4.78 is 0. The Bertz CT molecular complexity index is 455. The molecule has 0 atom stereocenters. The van der Waals surface area contributed by atoms with Gasteiger partial charge in [-0.2, -0.15) is 0 Å². The predicted octanol–water partition coefficient (Wildman–Crippen LogP) is 3.43. The minimum absolute atomic E-state index is 0. The van der Waals surface area contributed by atoms with Crippen LogP contribution in [0, 0.1) is 10.1 Å². The zero-order valence-electron chi connectivity index (χ0n) is 9.06. The number of hydrogen-bond acceptors (Lipinski definition) is 3. The second-order valence-electron chi connectivity index (χ2n) is 4.21. The van der Waals surface area contributed by atoms with Crippen LogP contribution < -0.4 is 5.32 Å². The second-order valence-corrected chi connectivity index (χ2v) is 4.21. The number of anilines is 1. The summed E-state index contributed by atoms with van der Waals surface area (Å²) in [5.41, 5.74) is 1.83. The van der Waals surface area contributed by atoms with E-state index >= 15 is 0 Å². The number of hydrogen-bond donors (Lipinski definition) is 1. The van der Waals surface area contributed by atoms with Gasteiger partial charge in [0.2, 0.25) is 0 Å². The van der Waals surface area contributed by atoms with Gasteiger partial charge in [-0.1, -0.05) is 12.2 Å². The Labute approximate surface area is 111 Å². The minimum Gasteiger partial charge on any atom is -0.376 e. The normalized spacial score (nSPS) is 15.6. The Morgan fingerprint density at radius 3 is 2.69 bits per heavy atom. The van der Waals surface area contributed by atoms with Gasteiger partial charge in [0.05, 0.1) is 10.5 Å². The van der Waals surface area contributed by atoms with Crippen LogP contribution >= 0.6 is 24.0 Å². The van der Waals surface area contributed by atoms with Crippen molar-refractivity contribution < 1.29 is 4.92 Å². The third-order valence-electron chi connectivity index (χ3n) is 2.38. The highest BCUT2D eigenvalue weighted by Gasteiger charge is 2.20. The van der Waals surface area contributed by atoms with E-state index in [9.17, 15) is 10.1 Å². The summed E-state index contributed by atoms with van der Waals surface area (Å²) in [5.74, 6) is 0. The van der Waals surface area contributed by atoms with Gasteiger partial charge in [0, 0.05) is 23.4 Å². The summed E-state index contributed by atoms with van der Waals surface area (Å²) in [6.07, 6.45) is 3.91. The maximum Gasteiger partial charge on any atom is 0.270 e. The largest absolute Gasteiger partial charge is 0.376 e. The van der Waals surface area contributed by atoms with Crippen molar-refractivity contribution >= 4 is 41.4 Å². The van der Waals surface area contributed by atoms with E-state index in [1.54, 1.807) is 12.1 Å². The van der Waals surface area contributed by atoms with Gasteiger partial charge in [-0.15, -0.1) is 24.0 Å². The molecule has 1 aromatic rings. The Hall–Kier alpha value is -1.11. The first kappa shape index (κ1) is 13.0. The first-order valence-corrected chi connectivity index (χ1v) is 4.74. The first-order chi connectivity index (χ1) is 6.98. The number of rotatable bonds is 1. The Kier molecular flexibility index (Phi) is 3.57. The van der Waals surface area contributed by atoms with Crippen LogP contribution in [0.3, 0.4) is 0 Å². The minimum atomic E-state index is -0.381. The summed E-state index contributed by atoms with van der Waals surface area (Å²) in [5, 5.41) is 13.9. The van der Waals surface area contributed by atoms with Crippen molar-refractivity contribution in [3.05, 3.63) is 40.0 Å². The van der Waals surface area contributed by atoms with Crippen molar-refractivity contribution in [2.24, 2.45) is 0 Å². The molecule has 1 aliphatic rings. The van der Waals surface area contributed by atoms with E-state index in [-0.39, 0.29) is 40.1 Å². The number of fused-ring (bicyclic) bond motifs is 1. The van der Waals surface area contributed by atoms with E-state index in [4.69, 9.17) is 0 Å². The lowest BCUT2D eigenvalue weighted by Crippen LogP contribution is -2.30. The summed E-state index contributed by atoms with van der Waals surface area (Å²) in [6.45, 7) is 4.10. The fourth-order valence-electron chi connectivity index (χ4n) is 1.60. The van der Waals surface area contributed by atoms with Crippen molar-refractivity contribution in [3.63, 3.8) is 0 Å². The number of nitro groups is 1. The molecule has 4 nitrogen and oxygen atoms in total. The monoisotopic (exact) mass is 332 g/mol. The van der Waals surface area contributed by atoms with E-state index in [0.29, 0.717) is 0 Å². The number of nitrogens with zero attached hydrogens (tertiary/aromatic N) is 1. The number of nitrogens with one attached hydrogen (secondary N) is 1. The standard InChI is InChI=1S/C11H12N2O2.HI/c1-11(2)6-5-8-7-9(13(14)15)3-4-10(8)12-11;/h3-7,12H,1-2H3;1H. The molecule has 1 aromatic carbocycles. The quantitative estimate of drug-likeness (QED) is 0.487. The van der Waals surface area contributed by atoms with Gasteiger partial charge < -0.3 is 5.32 Å². The SMILES string of the molecule is CC1(C)C=Cc2cc([N+](=O)[O-])ccc2N1.I. The molecule has 0 fully saturated rings. The van der Waals surface area contributed by atoms with Gasteiger partial charge in [0.15, 0.2) is 0 Å². The molecule has 0 radical (unpaired) electrons. The lowest BCUT2D eigenvalue weighted by Gasteiger charge is -2.28. The van der Waals surface area contributed by atoms with Crippen LogP contribution in [-0.2, 0) is 0 Å². The number of benzene rings is 1. The highest BCUT2D eigenvalue weighted by Crippen LogP contribution is 2.30. The van der Waals surface area contributed by atoms with E-state index < -0.39 is 0 Å². The van der Waals surface area contributed by atoms with Gasteiger partial charge in [-0.05, 0) is 19.9 Å². The van der Waals surface area contributed by atoms with Crippen molar-refractivity contribution in [2.45, 2.75) is 19.4 Å². The van der Waals surface area contributed by atoms with E-state index in [1.807, 2.05) is 26.0 Å². The summed E-state index contributed by atoms with van der Waals surface area (Å²) in [7, 11) is 0. The molecule has 0 amide bonds. The van der Waals surface area contributed by atoms with E-state index in [2.05, 4.69) is 5.32 Å². The zero-order chi connectivity index (χ0) is 11.1. The van der Waals surface area contributed by atoms with E-state index in [0.717, 1.165) is 11.3 Å². The molecule has 0 saturated heterocycles. The van der Waals surface area contributed by atoms with Gasteiger partial charge >= 0.3 is 0 Å². The average molecular weight is 332 g/mol. The Balaban J connectivity index is 0.00000128. The van der Waals surface area contributed by atoms with Gasteiger partial charge in [-0.25, -0.2) is 0 Å². The molecule has 0 unspecified atom stereocenters. The van der Waals surface area contributed by atoms with Crippen LogP contribution in [0.5, 0.6) is 0 Å². The smallest absolute Gasteiger partial charge is 0.270 e. The van der Waals surface area contributed by atoms with Crippen molar-refractivity contribution in [2.75, 3.05) is 5.32 Å². The van der Waals surface area contributed by atoms with Crippen LogP contribution in [0.2, 0.25) is 0 Å². The van der Waals surface area contributed by atoms with E-state index in [1.165, 1.54) is 6.07 Å². The second kappa shape index (κ2) is 4.40. The fourth-order valence-corrected chi connectivity index (χ4v) is 1.60. The predicted molar refractivity (Wildman–Crippen MR) is 75.2 cm³/mol. The van der Waals surface area contributed by atoms with Crippen LogP contribution in [-0.4, -0.2) is 10.5 Å². The first-order valence-electron chi connectivity index (χ1n) is 4.74. The molecule has 0 aliphatic carbocycles. The summed E-state index contributed by atoms with van der Waals surface area (Å²) >= 11 is 0. The molecule has 2 rings (SSSR count). The van der Waals surface area contributed by atoms with Crippen molar-refractivity contribution in [1.29, 1.82) is 0 Å². The number of nitro benzene ring substituents is 1. The molecular weight excluding hydrogens is 319 g/mol. The third-order valence-corrected chi connectivity index (χ3v) is 2.38. The number of non-ortho nitro benzene ring substituents is 1. The van der Waals surface area contributed by atoms with Crippen LogP contribution in [0.25, 0.3) is 6.08 Å². The maximum absolute atomic E-state index is 10.6. The van der Waals surface area contributed by atoms with Crippen LogP contribution in [0.1, 0.15) is 19.4 Å². The molecule has 16 heavy (non-hydrogen) atoms. The Morgan fingerprint density at radius 2 is 2.06 bits per heavy atom. The van der Waals surface area contributed by atoms with Gasteiger partial charge in [0.25, 0.3) is 5.69 Å². The number of halogens is 1. The Morgan fingerprint density at radius 1 is 1.38 bits per heavy atom.